The molecule has 0 aliphatic rings. The summed E-state index contributed by atoms with van der Waals surface area (Å²) in [5.41, 5.74) is 2.40. The van der Waals surface area contributed by atoms with Gasteiger partial charge in [0.2, 0.25) is 5.91 Å². The van der Waals surface area contributed by atoms with Crippen LogP contribution in [-0.4, -0.2) is 19.0 Å². The molecule has 0 aliphatic heterocycles. The minimum absolute atomic E-state index is 0.0275. The van der Waals surface area contributed by atoms with Crippen molar-refractivity contribution in [2.75, 3.05) is 13.1 Å². The summed E-state index contributed by atoms with van der Waals surface area (Å²) >= 11 is 0. The van der Waals surface area contributed by atoms with Gasteiger partial charge in [0.1, 0.15) is 5.82 Å². The largest absolute Gasteiger partial charge is 0.355 e. The molecule has 0 saturated heterocycles. The molecule has 1 rings (SSSR count). The Kier molecular flexibility index (Phi) is 5.10. The number of carbonyl (C=O) groups is 1. The normalized spacial score (nSPS) is 10.4. The number of nitrogens with one attached hydrogen (secondary N) is 2. The van der Waals surface area contributed by atoms with Gasteiger partial charge in [-0.15, -0.1) is 0 Å². The topological polar surface area (TPSA) is 41.1 Å². The lowest BCUT2D eigenvalue weighted by molar-refractivity contribution is -0.118. The summed E-state index contributed by atoms with van der Waals surface area (Å²) in [5.74, 6) is -0.160. The third kappa shape index (κ3) is 4.53. The van der Waals surface area contributed by atoms with Gasteiger partial charge in [-0.3, -0.25) is 4.79 Å². The molecule has 0 spiro atoms. The Labute approximate surface area is 101 Å². The van der Waals surface area contributed by atoms with Crippen molar-refractivity contribution in [1.82, 2.24) is 10.6 Å². The maximum Gasteiger partial charge on any atom is 0.216 e. The molecule has 0 bridgehead atoms. The maximum atomic E-state index is 13.4. The van der Waals surface area contributed by atoms with Crippen molar-refractivity contribution >= 4 is 5.91 Å². The van der Waals surface area contributed by atoms with E-state index in [4.69, 9.17) is 0 Å². The van der Waals surface area contributed by atoms with Crippen LogP contribution in [0, 0.1) is 19.7 Å². The zero-order chi connectivity index (χ0) is 12.8. The summed E-state index contributed by atoms with van der Waals surface area (Å²) in [6, 6.07) is 3.68. The molecule has 17 heavy (non-hydrogen) atoms. The zero-order valence-corrected chi connectivity index (χ0v) is 10.6. The van der Waals surface area contributed by atoms with Crippen LogP contribution in [0.4, 0.5) is 4.39 Å². The Morgan fingerprint density at radius 2 is 1.82 bits per heavy atom. The molecule has 0 saturated carbocycles. The van der Waals surface area contributed by atoms with Gasteiger partial charge >= 0.3 is 0 Å². The number of amides is 1. The lowest BCUT2D eigenvalue weighted by Gasteiger charge is -2.08. The molecule has 2 N–H and O–H groups in total. The van der Waals surface area contributed by atoms with Crippen LogP contribution in [-0.2, 0) is 11.3 Å². The molecule has 0 fully saturated rings. The minimum Gasteiger partial charge on any atom is -0.355 e. The van der Waals surface area contributed by atoms with Crippen LogP contribution in [0.1, 0.15) is 23.6 Å². The molecule has 94 valence electrons. The van der Waals surface area contributed by atoms with E-state index in [0.717, 1.165) is 5.56 Å². The average Bonchev–Trinajstić information content (AvgIpc) is 2.25. The van der Waals surface area contributed by atoms with Crippen LogP contribution < -0.4 is 10.6 Å². The predicted molar refractivity (Wildman–Crippen MR) is 66.3 cm³/mol. The monoisotopic (exact) mass is 238 g/mol. The second-order valence-electron chi connectivity index (χ2n) is 4.20. The van der Waals surface area contributed by atoms with E-state index in [-0.39, 0.29) is 11.7 Å². The first kappa shape index (κ1) is 13.6. The van der Waals surface area contributed by atoms with Gasteiger partial charge in [-0.05, 0) is 30.5 Å². The van der Waals surface area contributed by atoms with Crippen molar-refractivity contribution in [1.29, 1.82) is 0 Å². The summed E-state index contributed by atoms with van der Waals surface area (Å²) in [4.78, 5) is 10.6. The molecular weight excluding hydrogens is 219 g/mol. The molecule has 1 amide bonds. The van der Waals surface area contributed by atoms with Crippen molar-refractivity contribution in [3.63, 3.8) is 0 Å². The quantitative estimate of drug-likeness (QED) is 0.766. The van der Waals surface area contributed by atoms with Crippen LogP contribution >= 0.6 is 0 Å². The van der Waals surface area contributed by atoms with E-state index in [0.29, 0.717) is 30.8 Å². The second-order valence-corrected chi connectivity index (χ2v) is 4.20. The van der Waals surface area contributed by atoms with Crippen molar-refractivity contribution in [2.24, 2.45) is 0 Å². The van der Waals surface area contributed by atoms with Gasteiger partial charge in [-0.25, -0.2) is 4.39 Å². The van der Waals surface area contributed by atoms with Gasteiger partial charge in [0, 0.05) is 26.6 Å². The molecule has 3 nitrogen and oxygen atoms in total. The second kappa shape index (κ2) is 6.35. The standard InChI is InChI=1S/C13H19FN2O/c1-9-6-12(7-10(2)13(9)14)8-15-4-5-16-11(3)17/h6-7,15H,4-5,8H2,1-3H3,(H,16,17). The smallest absolute Gasteiger partial charge is 0.216 e. The van der Waals surface area contributed by atoms with Gasteiger partial charge in [0.15, 0.2) is 0 Å². The van der Waals surface area contributed by atoms with Gasteiger partial charge in [-0.2, -0.15) is 0 Å². The Hall–Kier alpha value is -1.42. The molecule has 4 heteroatoms. The van der Waals surface area contributed by atoms with Crippen LogP contribution in [0.25, 0.3) is 0 Å². The van der Waals surface area contributed by atoms with Crippen LogP contribution in [0.5, 0.6) is 0 Å². The van der Waals surface area contributed by atoms with Gasteiger partial charge in [0.25, 0.3) is 0 Å². The number of halogens is 1. The Morgan fingerprint density at radius 3 is 2.35 bits per heavy atom. The van der Waals surface area contributed by atoms with Gasteiger partial charge < -0.3 is 10.6 Å². The fraction of sp³-hybridized carbons (Fsp3) is 0.462. The van der Waals surface area contributed by atoms with Crippen molar-refractivity contribution in [3.8, 4) is 0 Å². The van der Waals surface area contributed by atoms with Crippen LogP contribution in [0.15, 0.2) is 12.1 Å². The Balaban J connectivity index is 2.39. The van der Waals surface area contributed by atoms with E-state index in [9.17, 15) is 9.18 Å². The fourth-order valence-electron chi connectivity index (χ4n) is 1.70. The lowest BCUT2D eigenvalue weighted by atomic mass is 10.1. The van der Waals surface area contributed by atoms with Crippen molar-refractivity contribution in [3.05, 3.63) is 34.6 Å². The highest BCUT2D eigenvalue weighted by Crippen LogP contribution is 2.14. The number of hydrogen-bond acceptors (Lipinski definition) is 2. The van der Waals surface area contributed by atoms with Crippen LogP contribution in [0.2, 0.25) is 0 Å². The highest BCUT2D eigenvalue weighted by atomic mass is 19.1. The molecular formula is C13H19FN2O. The third-order valence-corrected chi connectivity index (χ3v) is 2.50. The summed E-state index contributed by atoms with van der Waals surface area (Å²) in [5, 5.41) is 5.90. The Bertz CT molecular complexity index is 381. The number of hydrogen-bond donors (Lipinski definition) is 2. The molecule has 0 atom stereocenters. The number of carbonyl (C=O) groups excluding carboxylic acids is 1. The van der Waals surface area contributed by atoms with E-state index in [2.05, 4.69) is 10.6 Å². The maximum absolute atomic E-state index is 13.4. The Morgan fingerprint density at radius 1 is 1.24 bits per heavy atom. The SMILES string of the molecule is CC(=O)NCCNCc1cc(C)c(F)c(C)c1. The molecule has 1 aromatic rings. The summed E-state index contributed by atoms with van der Waals surface area (Å²) in [6.07, 6.45) is 0. The van der Waals surface area contributed by atoms with E-state index in [1.807, 2.05) is 12.1 Å². The molecule has 0 aromatic heterocycles. The molecule has 1 aromatic carbocycles. The van der Waals surface area contributed by atoms with E-state index >= 15 is 0 Å². The molecule has 0 aliphatic carbocycles. The molecule has 0 radical (unpaired) electrons. The highest BCUT2D eigenvalue weighted by molar-refractivity contribution is 5.72. The first-order valence-corrected chi connectivity index (χ1v) is 5.71. The third-order valence-electron chi connectivity index (χ3n) is 2.50. The zero-order valence-electron chi connectivity index (χ0n) is 10.6. The number of rotatable bonds is 5. The summed E-state index contributed by atoms with van der Waals surface area (Å²) < 4.78 is 13.4. The predicted octanol–water partition coefficient (Wildman–Crippen LogP) is 1.67. The highest BCUT2D eigenvalue weighted by Gasteiger charge is 2.03. The molecule has 0 unspecified atom stereocenters. The first-order chi connectivity index (χ1) is 8.00. The van der Waals surface area contributed by atoms with E-state index < -0.39 is 0 Å². The van der Waals surface area contributed by atoms with Gasteiger partial charge in [-0.1, -0.05) is 12.1 Å². The van der Waals surface area contributed by atoms with Crippen molar-refractivity contribution in [2.45, 2.75) is 27.3 Å². The van der Waals surface area contributed by atoms with Crippen LogP contribution in [0.3, 0.4) is 0 Å². The van der Waals surface area contributed by atoms with Crippen molar-refractivity contribution < 1.29 is 9.18 Å². The summed E-state index contributed by atoms with van der Waals surface area (Å²) in [6.45, 7) is 7.02. The fourth-order valence-corrected chi connectivity index (χ4v) is 1.70. The lowest BCUT2D eigenvalue weighted by Crippen LogP contribution is -2.29. The summed E-state index contributed by atoms with van der Waals surface area (Å²) in [7, 11) is 0. The molecule has 0 heterocycles. The van der Waals surface area contributed by atoms with E-state index in [1.165, 1.54) is 6.92 Å². The van der Waals surface area contributed by atoms with E-state index in [1.54, 1.807) is 13.8 Å². The average molecular weight is 238 g/mol. The van der Waals surface area contributed by atoms with Gasteiger partial charge in [0.05, 0.1) is 0 Å². The first-order valence-electron chi connectivity index (χ1n) is 5.71. The number of aryl methyl sites for hydroxylation is 2. The number of benzene rings is 1. The minimum atomic E-state index is -0.132.